The van der Waals surface area contributed by atoms with Crippen molar-refractivity contribution in [3.8, 4) is 22.9 Å². The number of hydrogen-bond donors (Lipinski definition) is 4. The van der Waals surface area contributed by atoms with Gasteiger partial charge in [-0.1, -0.05) is 0 Å². The van der Waals surface area contributed by atoms with Gasteiger partial charge in [-0.25, -0.2) is 14.4 Å². The Kier molecular flexibility index (Phi) is 6.71. The van der Waals surface area contributed by atoms with Gasteiger partial charge in [0.15, 0.2) is 5.82 Å². The van der Waals surface area contributed by atoms with Gasteiger partial charge >= 0.3 is 0 Å². The van der Waals surface area contributed by atoms with E-state index in [-0.39, 0.29) is 35.2 Å². The van der Waals surface area contributed by atoms with Gasteiger partial charge in [0.25, 0.3) is 11.8 Å². The van der Waals surface area contributed by atoms with Crippen molar-refractivity contribution in [2.24, 2.45) is 17.2 Å². The van der Waals surface area contributed by atoms with Gasteiger partial charge in [-0.05, 0) is 42.5 Å². The number of halogens is 1. The summed E-state index contributed by atoms with van der Waals surface area (Å²) in [5, 5.41) is 2.77. The molecule has 10 nitrogen and oxygen atoms in total. The fourth-order valence-corrected chi connectivity index (χ4v) is 2.70. The number of carbonyl (C=O) groups is 3. The van der Waals surface area contributed by atoms with Gasteiger partial charge in [-0.2, -0.15) is 0 Å². The summed E-state index contributed by atoms with van der Waals surface area (Å²) < 4.78 is 18.7. The van der Waals surface area contributed by atoms with Crippen LogP contribution in [-0.2, 0) is 4.79 Å². The SMILES string of the molecule is NC[C@@H](C=O)Nc1cc(C(N)=O)nc(-c2ccc(Oc3ccc(F)cc3)c(C(N)=O)c2)n1. The minimum absolute atomic E-state index is 0.00198. The molecule has 3 rings (SSSR count). The van der Waals surface area contributed by atoms with Crippen molar-refractivity contribution in [2.45, 2.75) is 6.04 Å². The van der Waals surface area contributed by atoms with Crippen molar-refractivity contribution in [3.05, 3.63) is 65.6 Å². The number of nitrogens with zero attached hydrogens (tertiary/aromatic N) is 2. The molecule has 0 fully saturated rings. The average Bonchev–Trinajstić information content (AvgIpc) is 2.78. The molecule has 1 atom stereocenters. The van der Waals surface area contributed by atoms with E-state index in [1.54, 1.807) is 0 Å². The highest BCUT2D eigenvalue weighted by Gasteiger charge is 2.17. The molecule has 164 valence electrons. The van der Waals surface area contributed by atoms with Gasteiger partial charge in [-0.3, -0.25) is 9.59 Å². The van der Waals surface area contributed by atoms with Crippen molar-refractivity contribution in [3.63, 3.8) is 0 Å². The van der Waals surface area contributed by atoms with Crippen molar-refractivity contribution >= 4 is 23.9 Å². The summed E-state index contributed by atoms with van der Waals surface area (Å²) in [5.74, 6) is -1.45. The number of nitrogens with one attached hydrogen (secondary N) is 1. The standard InChI is InChI=1S/C21H19FN6O4/c22-12-2-4-14(5-3-12)32-17-6-1-11(7-15(17)19(24)30)21-27-16(20(25)31)8-18(28-21)26-13(9-23)10-29/h1-8,10,13H,9,23H2,(H2,24,30)(H2,25,31)(H,26,27,28)/t13-/m0/s1. The molecule has 1 heterocycles. The summed E-state index contributed by atoms with van der Waals surface area (Å²) in [6, 6.07) is 10.1. The zero-order valence-corrected chi connectivity index (χ0v) is 16.6. The maximum Gasteiger partial charge on any atom is 0.267 e. The summed E-state index contributed by atoms with van der Waals surface area (Å²) in [6.45, 7) is -0.00398. The van der Waals surface area contributed by atoms with E-state index in [4.69, 9.17) is 21.9 Å². The second-order valence-electron chi connectivity index (χ2n) is 6.58. The minimum Gasteiger partial charge on any atom is -0.457 e. The number of aldehydes is 1. The lowest BCUT2D eigenvalue weighted by Crippen LogP contribution is -2.30. The molecule has 32 heavy (non-hydrogen) atoms. The zero-order chi connectivity index (χ0) is 23.3. The van der Waals surface area contributed by atoms with E-state index in [0.717, 1.165) is 0 Å². The molecule has 7 N–H and O–H groups in total. The highest BCUT2D eigenvalue weighted by atomic mass is 19.1. The van der Waals surface area contributed by atoms with E-state index in [0.29, 0.717) is 17.6 Å². The number of hydrogen-bond acceptors (Lipinski definition) is 8. The van der Waals surface area contributed by atoms with Crippen molar-refractivity contribution in [1.29, 1.82) is 0 Å². The Hall–Kier alpha value is -4.38. The molecule has 3 aromatic rings. The molecule has 0 unspecified atom stereocenters. The van der Waals surface area contributed by atoms with Crippen LogP contribution in [-0.4, -0.2) is 40.7 Å². The quantitative estimate of drug-likeness (QED) is 0.360. The van der Waals surface area contributed by atoms with Crippen LogP contribution in [0.15, 0.2) is 48.5 Å². The molecule has 0 aliphatic heterocycles. The van der Waals surface area contributed by atoms with Crippen LogP contribution in [0.2, 0.25) is 0 Å². The van der Waals surface area contributed by atoms with Crippen molar-refractivity contribution < 1.29 is 23.5 Å². The molecule has 0 bridgehead atoms. The van der Waals surface area contributed by atoms with Gasteiger partial charge < -0.3 is 32.0 Å². The molecule has 0 saturated heterocycles. The van der Waals surface area contributed by atoms with Crippen LogP contribution in [0.3, 0.4) is 0 Å². The molecule has 2 amide bonds. The fraction of sp³-hybridized carbons (Fsp3) is 0.0952. The van der Waals surface area contributed by atoms with Crippen LogP contribution in [0, 0.1) is 5.82 Å². The zero-order valence-electron chi connectivity index (χ0n) is 16.6. The fourth-order valence-electron chi connectivity index (χ4n) is 2.70. The number of benzene rings is 2. The third-order valence-corrected chi connectivity index (χ3v) is 4.27. The molecule has 11 heteroatoms. The van der Waals surface area contributed by atoms with Crippen LogP contribution in [0.4, 0.5) is 10.2 Å². The first kappa shape index (κ1) is 22.3. The Labute approximate surface area is 181 Å². The lowest BCUT2D eigenvalue weighted by Gasteiger charge is -2.14. The second-order valence-corrected chi connectivity index (χ2v) is 6.58. The summed E-state index contributed by atoms with van der Waals surface area (Å²) in [6.07, 6.45) is 0.596. The van der Waals surface area contributed by atoms with Gasteiger partial charge in [0.2, 0.25) is 0 Å². The Morgan fingerprint density at radius 1 is 1.06 bits per heavy atom. The average molecular weight is 438 g/mol. The summed E-state index contributed by atoms with van der Waals surface area (Å²) in [5.41, 5.74) is 16.6. The largest absolute Gasteiger partial charge is 0.457 e. The van der Waals surface area contributed by atoms with Crippen LogP contribution >= 0.6 is 0 Å². The number of rotatable bonds is 9. The van der Waals surface area contributed by atoms with Gasteiger partial charge in [-0.15, -0.1) is 0 Å². The van der Waals surface area contributed by atoms with E-state index in [1.807, 2.05) is 0 Å². The smallest absolute Gasteiger partial charge is 0.267 e. The second kappa shape index (κ2) is 9.62. The number of carbonyl (C=O) groups excluding carboxylic acids is 3. The number of aromatic nitrogens is 2. The predicted octanol–water partition coefficient (Wildman–Crippen LogP) is 1.21. The van der Waals surface area contributed by atoms with Gasteiger partial charge in [0.1, 0.15) is 35.1 Å². The van der Waals surface area contributed by atoms with Crippen LogP contribution in [0.5, 0.6) is 11.5 Å². The number of ether oxygens (including phenoxy) is 1. The Bertz CT molecular complexity index is 1170. The molecule has 0 aliphatic rings. The highest BCUT2D eigenvalue weighted by Crippen LogP contribution is 2.29. The first-order chi connectivity index (χ1) is 15.3. The lowest BCUT2D eigenvalue weighted by atomic mass is 10.1. The molecule has 0 radical (unpaired) electrons. The van der Waals surface area contributed by atoms with Crippen LogP contribution in [0.25, 0.3) is 11.4 Å². The molecule has 0 saturated carbocycles. The highest BCUT2D eigenvalue weighted by molar-refractivity contribution is 5.97. The molecule has 1 aromatic heterocycles. The topological polar surface area (TPSA) is 176 Å². The third kappa shape index (κ3) is 5.21. The minimum atomic E-state index is -0.821. The Morgan fingerprint density at radius 3 is 2.38 bits per heavy atom. The summed E-state index contributed by atoms with van der Waals surface area (Å²) in [4.78, 5) is 43.2. The molecule has 0 aliphatic carbocycles. The first-order valence-electron chi connectivity index (χ1n) is 9.29. The third-order valence-electron chi connectivity index (χ3n) is 4.27. The molecular formula is C21H19FN6O4. The monoisotopic (exact) mass is 438 g/mol. The van der Waals surface area contributed by atoms with E-state index in [9.17, 15) is 18.8 Å². The first-order valence-corrected chi connectivity index (χ1v) is 9.29. The van der Waals surface area contributed by atoms with Gasteiger partial charge in [0.05, 0.1) is 11.6 Å². The van der Waals surface area contributed by atoms with Gasteiger partial charge in [0, 0.05) is 18.2 Å². The number of nitrogens with two attached hydrogens (primary N) is 3. The predicted molar refractivity (Wildman–Crippen MR) is 114 cm³/mol. The Balaban J connectivity index is 2.02. The lowest BCUT2D eigenvalue weighted by molar-refractivity contribution is -0.108. The maximum atomic E-state index is 13.1. The normalized spacial score (nSPS) is 11.4. The van der Waals surface area contributed by atoms with Crippen LogP contribution < -0.4 is 27.3 Å². The van der Waals surface area contributed by atoms with E-state index in [2.05, 4.69) is 15.3 Å². The van der Waals surface area contributed by atoms with E-state index >= 15 is 0 Å². The Morgan fingerprint density at radius 2 is 1.78 bits per heavy atom. The van der Waals surface area contributed by atoms with Crippen LogP contribution in [0.1, 0.15) is 20.8 Å². The summed E-state index contributed by atoms with van der Waals surface area (Å²) in [7, 11) is 0. The molecule has 2 aromatic carbocycles. The number of primary amides is 2. The van der Waals surface area contributed by atoms with E-state index < -0.39 is 23.7 Å². The molecule has 0 spiro atoms. The van der Waals surface area contributed by atoms with Crippen molar-refractivity contribution in [2.75, 3.05) is 11.9 Å². The maximum absolute atomic E-state index is 13.1. The summed E-state index contributed by atoms with van der Waals surface area (Å²) >= 11 is 0. The number of amides is 2. The van der Waals surface area contributed by atoms with E-state index in [1.165, 1.54) is 48.5 Å². The van der Waals surface area contributed by atoms with Crippen molar-refractivity contribution in [1.82, 2.24) is 9.97 Å². The molecular weight excluding hydrogens is 419 g/mol. The number of anilines is 1.